The molecule has 2 heterocycles. The molecule has 0 aliphatic carbocycles. The molecule has 8 heteroatoms. The monoisotopic (exact) mass is 457 g/mol. The lowest BCUT2D eigenvalue weighted by Gasteiger charge is -2.33. The lowest BCUT2D eigenvalue weighted by Crippen LogP contribution is -2.50. The van der Waals surface area contributed by atoms with Crippen molar-refractivity contribution in [2.45, 2.75) is 39.2 Å². The van der Waals surface area contributed by atoms with E-state index in [-0.39, 0.29) is 11.8 Å². The Morgan fingerprint density at radius 3 is 2.38 bits per heavy atom. The molecular weight excluding hydrogens is 426 g/mol. The zero-order valence-corrected chi connectivity index (χ0v) is 19.4. The fourth-order valence-electron chi connectivity index (χ4n) is 3.88. The van der Waals surface area contributed by atoms with Crippen molar-refractivity contribution in [1.82, 2.24) is 15.6 Å². The Morgan fingerprint density at radius 1 is 1.09 bits per heavy atom. The molecule has 1 saturated heterocycles. The Kier molecular flexibility index (Phi) is 8.73. The quantitative estimate of drug-likeness (QED) is 0.551. The van der Waals surface area contributed by atoms with Gasteiger partial charge >= 0.3 is 6.03 Å². The van der Waals surface area contributed by atoms with E-state index < -0.39 is 12.1 Å². The van der Waals surface area contributed by atoms with Gasteiger partial charge in [0.15, 0.2) is 0 Å². The van der Waals surface area contributed by atoms with Crippen LogP contribution in [-0.2, 0) is 4.79 Å². The summed E-state index contributed by atoms with van der Waals surface area (Å²) in [5.74, 6) is 0.561. The van der Waals surface area contributed by atoms with Crippen molar-refractivity contribution in [3.05, 3.63) is 53.8 Å². The molecule has 3 rings (SSSR count). The van der Waals surface area contributed by atoms with E-state index in [4.69, 9.17) is 11.6 Å². The van der Waals surface area contributed by atoms with Crippen LogP contribution in [0.15, 0.2) is 48.8 Å². The summed E-state index contributed by atoms with van der Waals surface area (Å²) >= 11 is 5.88. The van der Waals surface area contributed by atoms with Gasteiger partial charge in [-0.2, -0.15) is 0 Å². The lowest BCUT2D eigenvalue weighted by molar-refractivity contribution is -0.123. The summed E-state index contributed by atoms with van der Waals surface area (Å²) in [7, 11) is 0. The highest BCUT2D eigenvalue weighted by molar-refractivity contribution is 6.30. The van der Waals surface area contributed by atoms with E-state index in [0.717, 1.165) is 25.9 Å². The van der Waals surface area contributed by atoms with Crippen molar-refractivity contribution in [1.29, 1.82) is 0 Å². The zero-order valence-electron chi connectivity index (χ0n) is 18.7. The molecule has 0 unspecified atom stereocenters. The number of nitrogens with zero attached hydrogens (tertiary/aromatic N) is 2. The van der Waals surface area contributed by atoms with E-state index >= 15 is 0 Å². The number of hydrogen-bond acceptors (Lipinski definition) is 4. The van der Waals surface area contributed by atoms with Crippen LogP contribution in [0.1, 0.15) is 33.1 Å². The molecule has 7 nitrogen and oxygen atoms in total. The topological polar surface area (TPSA) is 86.4 Å². The number of halogens is 1. The second-order valence-electron chi connectivity index (χ2n) is 8.67. The Labute approximate surface area is 194 Å². The number of urea groups is 1. The molecule has 32 heavy (non-hydrogen) atoms. The number of amides is 3. The molecule has 1 aliphatic rings. The molecule has 1 fully saturated rings. The summed E-state index contributed by atoms with van der Waals surface area (Å²) < 4.78 is 0. The minimum atomic E-state index is -0.584. The van der Waals surface area contributed by atoms with Gasteiger partial charge in [0.1, 0.15) is 6.04 Å². The van der Waals surface area contributed by atoms with Crippen molar-refractivity contribution in [3.63, 3.8) is 0 Å². The Bertz CT molecular complexity index is 868. The van der Waals surface area contributed by atoms with Gasteiger partial charge < -0.3 is 20.9 Å². The lowest BCUT2D eigenvalue weighted by atomic mass is 9.96. The van der Waals surface area contributed by atoms with E-state index in [2.05, 4.69) is 25.8 Å². The smallest absolute Gasteiger partial charge is 0.319 e. The molecule has 1 aromatic heterocycles. The molecule has 2 aromatic rings. The Morgan fingerprint density at radius 2 is 1.75 bits per heavy atom. The van der Waals surface area contributed by atoms with Crippen LogP contribution in [0.5, 0.6) is 0 Å². The predicted octanol–water partition coefficient (Wildman–Crippen LogP) is 4.30. The standard InChI is InChI=1S/C24H32ClN5O2/c1-17(2)15-22(29-24(32)28-20-5-3-19(25)4-6-20)23(31)27-16-18-9-13-30(14-10-18)21-7-11-26-12-8-21/h3-8,11-12,17-18,22H,9-10,13-16H2,1-2H3,(H,27,31)(H2,28,29,32)/t22-/m1/s1. The minimum Gasteiger partial charge on any atom is -0.371 e. The van der Waals surface area contributed by atoms with Crippen LogP contribution in [0.4, 0.5) is 16.2 Å². The first-order valence-electron chi connectivity index (χ1n) is 11.2. The molecule has 0 bridgehead atoms. The maximum atomic E-state index is 12.9. The summed E-state index contributed by atoms with van der Waals surface area (Å²) in [6, 6.07) is 9.91. The number of carbonyl (C=O) groups is 2. The van der Waals surface area contributed by atoms with Gasteiger partial charge in [-0.1, -0.05) is 25.4 Å². The van der Waals surface area contributed by atoms with Gasteiger partial charge in [-0.25, -0.2) is 4.79 Å². The molecule has 172 valence electrons. The van der Waals surface area contributed by atoms with E-state index in [1.807, 2.05) is 38.4 Å². The van der Waals surface area contributed by atoms with E-state index in [0.29, 0.717) is 29.6 Å². The first-order valence-corrected chi connectivity index (χ1v) is 11.5. The number of piperidine rings is 1. The highest BCUT2D eigenvalue weighted by Crippen LogP contribution is 2.22. The summed E-state index contributed by atoms with van der Waals surface area (Å²) in [5, 5.41) is 9.23. The van der Waals surface area contributed by atoms with Gasteiger partial charge in [-0.15, -0.1) is 0 Å². The molecule has 1 atom stereocenters. The van der Waals surface area contributed by atoms with Gasteiger partial charge in [0.2, 0.25) is 5.91 Å². The first-order chi connectivity index (χ1) is 15.4. The van der Waals surface area contributed by atoms with Gasteiger partial charge in [0.25, 0.3) is 0 Å². The molecule has 0 radical (unpaired) electrons. The number of pyridine rings is 1. The van der Waals surface area contributed by atoms with Crippen molar-refractivity contribution >= 4 is 34.9 Å². The van der Waals surface area contributed by atoms with Crippen LogP contribution < -0.4 is 20.9 Å². The summed E-state index contributed by atoms with van der Waals surface area (Å²) in [4.78, 5) is 31.7. The van der Waals surface area contributed by atoms with Crippen LogP contribution in [0.3, 0.4) is 0 Å². The molecular formula is C24H32ClN5O2. The molecule has 3 N–H and O–H groups in total. The van der Waals surface area contributed by atoms with E-state index in [1.165, 1.54) is 5.69 Å². The van der Waals surface area contributed by atoms with Crippen LogP contribution in [0, 0.1) is 11.8 Å². The third-order valence-electron chi connectivity index (χ3n) is 5.64. The number of aromatic nitrogens is 1. The van der Waals surface area contributed by atoms with Crippen LogP contribution >= 0.6 is 11.6 Å². The number of anilines is 2. The average Bonchev–Trinajstić information content (AvgIpc) is 2.79. The molecule has 3 amide bonds. The highest BCUT2D eigenvalue weighted by atomic mass is 35.5. The molecule has 0 saturated carbocycles. The molecule has 1 aliphatic heterocycles. The van der Waals surface area contributed by atoms with Gasteiger partial charge in [-0.3, -0.25) is 9.78 Å². The van der Waals surface area contributed by atoms with Crippen LogP contribution in [0.2, 0.25) is 5.02 Å². The second-order valence-corrected chi connectivity index (χ2v) is 9.10. The Balaban J connectivity index is 1.47. The number of hydrogen-bond donors (Lipinski definition) is 3. The van der Waals surface area contributed by atoms with Crippen molar-refractivity contribution in [2.24, 2.45) is 11.8 Å². The number of nitrogens with one attached hydrogen (secondary N) is 3. The number of benzene rings is 1. The molecule has 1 aromatic carbocycles. The minimum absolute atomic E-state index is 0.137. The van der Waals surface area contributed by atoms with Gasteiger partial charge in [0.05, 0.1) is 0 Å². The van der Waals surface area contributed by atoms with Crippen LogP contribution in [-0.4, -0.2) is 42.6 Å². The highest BCUT2D eigenvalue weighted by Gasteiger charge is 2.24. The maximum absolute atomic E-state index is 12.9. The summed E-state index contributed by atoms with van der Waals surface area (Å²) in [5.41, 5.74) is 1.81. The fraction of sp³-hybridized carbons (Fsp3) is 0.458. The SMILES string of the molecule is CC(C)C[C@@H](NC(=O)Nc1ccc(Cl)cc1)C(=O)NCC1CCN(c2ccncc2)CC1. The molecule has 0 spiro atoms. The van der Waals surface area contributed by atoms with Gasteiger partial charge in [0, 0.05) is 48.4 Å². The first kappa shape index (κ1) is 23.9. The van der Waals surface area contributed by atoms with E-state index in [9.17, 15) is 9.59 Å². The second kappa shape index (κ2) is 11.7. The average molecular weight is 458 g/mol. The number of carbonyl (C=O) groups excluding carboxylic acids is 2. The maximum Gasteiger partial charge on any atom is 0.319 e. The van der Waals surface area contributed by atoms with Crippen LogP contribution in [0.25, 0.3) is 0 Å². The van der Waals surface area contributed by atoms with Gasteiger partial charge in [-0.05, 0) is 67.5 Å². The largest absolute Gasteiger partial charge is 0.371 e. The Hall–Kier alpha value is -2.80. The zero-order chi connectivity index (χ0) is 22.9. The summed E-state index contributed by atoms with van der Waals surface area (Å²) in [6.07, 6.45) is 6.23. The van der Waals surface area contributed by atoms with Crippen molar-refractivity contribution in [2.75, 3.05) is 29.9 Å². The normalized spacial score (nSPS) is 15.3. The third-order valence-corrected chi connectivity index (χ3v) is 5.89. The fourth-order valence-corrected chi connectivity index (χ4v) is 4.01. The third kappa shape index (κ3) is 7.41. The van der Waals surface area contributed by atoms with E-state index in [1.54, 1.807) is 24.3 Å². The summed E-state index contributed by atoms with van der Waals surface area (Å²) in [6.45, 7) is 6.61. The van der Waals surface area contributed by atoms with Crippen molar-refractivity contribution < 1.29 is 9.59 Å². The van der Waals surface area contributed by atoms with Crippen molar-refractivity contribution in [3.8, 4) is 0 Å². The number of rotatable bonds is 8. The predicted molar refractivity (Wildman–Crippen MR) is 129 cm³/mol.